The minimum Gasteiger partial charge on any atom is -0.310 e. The first-order valence-corrected chi connectivity index (χ1v) is 2.41. The molecule has 0 unspecified atom stereocenters. The van der Waals surface area contributed by atoms with Gasteiger partial charge in [-0.05, 0) is 0 Å². The van der Waals surface area contributed by atoms with Gasteiger partial charge in [-0.3, -0.25) is 0 Å². The molecule has 0 saturated heterocycles. The van der Waals surface area contributed by atoms with Gasteiger partial charge in [0.15, 0.2) is 0 Å². The van der Waals surface area contributed by atoms with Crippen molar-refractivity contribution in [2.75, 3.05) is 0 Å². The van der Waals surface area contributed by atoms with Crippen molar-refractivity contribution >= 4 is 10.1 Å². The van der Waals surface area contributed by atoms with E-state index in [-0.39, 0.29) is 46.9 Å². The van der Waals surface area contributed by atoms with Crippen LogP contribution in [-0.4, -0.2) is 13.0 Å². The second kappa shape index (κ2) is 3.43. The number of hydrogen-bond acceptors (Lipinski definition) is 2. The Kier molecular flexibility index (Phi) is 5.96. The standard InChI is InChI=1S/CH3O3S.Yb/c1-5(2,3)4;/h1H2,(H,2,3,4);/q-1;. The van der Waals surface area contributed by atoms with Gasteiger partial charge in [-0.25, -0.2) is 8.42 Å². The summed E-state index contributed by atoms with van der Waals surface area (Å²) in [7, 11) is -3.92. The van der Waals surface area contributed by atoms with Gasteiger partial charge < -0.3 is 4.55 Å². The van der Waals surface area contributed by atoms with E-state index in [4.69, 9.17) is 13.0 Å². The third-order valence-corrected chi connectivity index (χ3v) is 0. The molecule has 0 rings (SSSR count). The van der Waals surface area contributed by atoms with E-state index >= 15 is 0 Å². The molecular formula is CH3O3SYb-. The van der Waals surface area contributed by atoms with Crippen LogP contribution in [0.1, 0.15) is 0 Å². The molecule has 0 saturated carbocycles. The molecule has 0 aromatic rings. The molecule has 0 aromatic carbocycles. The summed E-state index contributed by atoms with van der Waals surface area (Å²) in [5.41, 5.74) is 0. The molecule has 1 N–H and O–H groups in total. The van der Waals surface area contributed by atoms with Crippen LogP contribution in [-0.2, 0) is 10.1 Å². The van der Waals surface area contributed by atoms with E-state index in [0.29, 0.717) is 0 Å². The Hall–Kier alpha value is 1.43. The Labute approximate surface area is 75.1 Å². The van der Waals surface area contributed by atoms with Crippen molar-refractivity contribution in [1.29, 1.82) is 0 Å². The maximum absolute atomic E-state index is 9.08. The first kappa shape index (κ1) is 10.4. The van der Waals surface area contributed by atoms with Gasteiger partial charge in [0.05, 0.1) is 0 Å². The molecule has 0 aromatic heterocycles. The average molecular weight is 268 g/mol. The van der Waals surface area contributed by atoms with Gasteiger partial charge in [-0.15, -0.1) is 0 Å². The summed E-state index contributed by atoms with van der Waals surface area (Å²) in [6.07, 6.45) is 2.30. The average Bonchev–Trinajstić information content (AvgIpc) is 0.722. The fourth-order valence-corrected chi connectivity index (χ4v) is 0. The summed E-state index contributed by atoms with van der Waals surface area (Å²) in [5.74, 6) is 0. The summed E-state index contributed by atoms with van der Waals surface area (Å²) < 4.78 is 25.5. The molecular weight excluding hydrogens is 265 g/mol. The van der Waals surface area contributed by atoms with Gasteiger partial charge >= 0.3 is 0 Å². The molecule has 0 heterocycles. The third-order valence-electron chi connectivity index (χ3n) is 0. The molecule has 5 heteroatoms. The molecule has 0 fully saturated rings. The number of hydrogen-bond donors (Lipinski definition) is 1. The monoisotopic (exact) mass is 269 g/mol. The van der Waals surface area contributed by atoms with Crippen molar-refractivity contribution in [3.8, 4) is 0 Å². The molecule has 0 amide bonds. The van der Waals surface area contributed by atoms with Crippen molar-refractivity contribution in [2.24, 2.45) is 0 Å². The van der Waals surface area contributed by atoms with Gasteiger partial charge in [0.25, 0.3) is 0 Å². The van der Waals surface area contributed by atoms with E-state index in [1.807, 2.05) is 0 Å². The van der Waals surface area contributed by atoms with Crippen LogP contribution in [0.5, 0.6) is 0 Å². The maximum Gasteiger partial charge on any atom is 0.131 e. The fraction of sp³-hybridized carbons (Fsp3) is 0. The Bertz CT molecular complexity index is 94.0. The van der Waals surface area contributed by atoms with E-state index in [1.54, 1.807) is 0 Å². The topological polar surface area (TPSA) is 54.4 Å². The molecule has 0 radical (unpaired) electrons. The summed E-state index contributed by atoms with van der Waals surface area (Å²) in [6.45, 7) is 0. The predicted molar refractivity (Wildman–Crippen MR) is 16.9 cm³/mol. The molecule has 0 aliphatic rings. The summed E-state index contributed by atoms with van der Waals surface area (Å²) in [6, 6.07) is 0. The molecule has 46 valence electrons. The van der Waals surface area contributed by atoms with Gasteiger partial charge in [-0.1, -0.05) is 0 Å². The zero-order valence-electron chi connectivity index (χ0n) is 2.65. The van der Waals surface area contributed by atoms with Crippen LogP contribution in [0.15, 0.2) is 0 Å². The Morgan fingerprint density at radius 1 is 1.50 bits per heavy atom. The van der Waals surface area contributed by atoms with Gasteiger partial charge in [0, 0.05) is 46.9 Å². The van der Waals surface area contributed by atoms with Crippen molar-refractivity contribution in [1.82, 2.24) is 0 Å². The molecule has 0 bridgehead atoms. The SMILES string of the molecule is [CH2-]S(=O)(=O)O.[Yb]. The van der Waals surface area contributed by atoms with Crippen LogP contribution in [0.25, 0.3) is 0 Å². The zero-order valence-corrected chi connectivity index (χ0v) is 5.18. The van der Waals surface area contributed by atoms with Crippen molar-refractivity contribution in [2.45, 2.75) is 0 Å². The van der Waals surface area contributed by atoms with E-state index in [0.717, 1.165) is 0 Å². The van der Waals surface area contributed by atoms with Crippen LogP contribution >= 0.6 is 0 Å². The molecule has 0 spiro atoms. The van der Waals surface area contributed by atoms with Crippen molar-refractivity contribution in [3.05, 3.63) is 6.26 Å². The minimum absolute atomic E-state index is 0. The van der Waals surface area contributed by atoms with E-state index in [9.17, 15) is 0 Å². The zero-order chi connectivity index (χ0) is 4.50. The van der Waals surface area contributed by atoms with Crippen LogP contribution in [0.4, 0.5) is 0 Å². The molecule has 0 aliphatic carbocycles. The Balaban J connectivity index is 0. The quantitative estimate of drug-likeness (QED) is 0.483. The molecule has 0 aliphatic heterocycles. The summed E-state index contributed by atoms with van der Waals surface area (Å²) >= 11 is 0. The van der Waals surface area contributed by atoms with Gasteiger partial charge in [-0.2, -0.15) is 6.26 Å². The van der Waals surface area contributed by atoms with E-state index in [2.05, 4.69) is 6.26 Å². The largest absolute Gasteiger partial charge is 0.310 e. The smallest absolute Gasteiger partial charge is 0.131 e. The third kappa shape index (κ3) is 52.1. The molecule has 6 heavy (non-hydrogen) atoms. The minimum atomic E-state index is -3.92. The predicted octanol–water partition coefficient (Wildman–Crippen LogP) is -0.334. The van der Waals surface area contributed by atoms with Crippen LogP contribution < -0.4 is 0 Å². The van der Waals surface area contributed by atoms with Crippen LogP contribution in [0, 0.1) is 53.2 Å². The van der Waals surface area contributed by atoms with E-state index < -0.39 is 10.1 Å². The summed E-state index contributed by atoms with van der Waals surface area (Å²) in [5, 5.41) is 0. The van der Waals surface area contributed by atoms with Crippen molar-refractivity contribution in [3.63, 3.8) is 0 Å². The maximum atomic E-state index is 9.08. The van der Waals surface area contributed by atoms with Crippen molar-refractivity contribution < 1.29 is 59.9 Å². The normalized spacial score (nSPS) is 9.67. The van der Waals surface area contributed by atoms with E-state index in [1.165, 1.54) is 0 Å². The van der Waals surface area contributed by atoms with Crippen LogP contribution in [0.3, 0.4) is 0 Å². The second-order valence-electron chi connectivity index (χ2n) is 0.582. The first-order chi connectivity index (χ1) is 2.00. The second-order valence-corrected chi connectivity index (χ2v) is 1.75. The molecule has 3 nitrogen and oxygen atoms in total. The first-order valence-electron chi connectivity index (χ1n) is 0.805. The van der Waals surface area contributed by atoms with Gasteiger partial charge in [0.1, 0.15) is 10.1 Å². The fourth-order valence-electron chi connectivity index (χ4n) is 0. The Morgan fingerprint density at radius 3 is 1.50 bits per heavy atom. The number of rotatable bonds is 0. The Morgan fingerprint density at radius 2 is 1.50 bits per heavy atom. The molecule has 0 atom stereocenters. The summed E-state index contributed by atoms with van der Waals surface area (Å²) in [4.78, 5) is 0. The van der Waals surface area contributed by atoms with Crippen LogP contribution in [0.2, 0.25) is 0 Å². The van der Waals surface area contributed by atoms with Gasteiger partial charge in [0.2, 0.25) is 0 Å².